The van der Waals surface area contributed by atoms with E-state index in [0.29, 0.717) is 5.76 Å². The molecule has 0 aliphatic carbocycles. The summed E-state index contributed by atoms with van der Waals surface area (Å²) in [6, 6.07) is 9.56. The minimum absolute atomic E-state index is 0.0286. The van der Waals surface area contributed by atoms with E-state index in [4.69, 9.17) is 4.42 Å². The summed E-state index contributed by atoms with van der Waals surface area (Å²) in [5, 5.41) is 0.993. The van der Waals surface area contributed by atoms with Crippen molar-refractivity contribution in [3.05, 3.63) is 36.1 Å². The van der Waals surface area contributed by atoms with Crippen LogP contribution in [0.25, 0.3) is 11.0 Å². The van der Waals surface area contributed by atoms with Crippen LogP contribution in [0.2, 0.25) is 0 Å². The monoisotopic (exact) mass is 229 g/mol. The zero-order valence-electron chi connectivity index (χ0n) is 9.69. The number of hydrogen-bond donors (Lipinski definition) is 0. The molecule has 17 heavy (non-hydrogen) atoms. The van der Waals surface area contributed by atoms with Crippen LogP contribution in [0.5, 0.6) is 0 Å². The molecule has 0 radical (unpaired) electrons. The van der Waals surface area contributed by atoms with Gasteiger partial charge in [0.2, 0.25) is 0 Å². The van der Waals surface area contributed by atoms with Gasteiger partial charge in [0.15, 0.2) is 5.76 Å². The van der Waals surface area contributed by atoms with Crippen molar-refractivity contribution in [2.24, 2.45) is 0 Å². The number of carbonyl (C=O) groups excluding carboxylic acids is 1. The summed E-state index contributed by atoms with van der Waals surface area (Å²) in [5.41, 5.74) is 0.785. The highest BCUT2D eigenvalue weighted by atomic mass is 16.3. The van der Waals surface area contributed by atoms with E-state index >= 15 is 0 Å². The minimum atomic E-state index is 0.0286. The minimum Gasteiger partial charge on any atom is -0.451 e. The number of nitrogens with zero attached hydrogens (tertiary/aromatic N) is 1. The maximum Gasteiger partial charge on any atom is 0.289 e. The Hall–Kier alpha value is -1.77. The van der Waals surface area contributed by atoms with Crippen molar-refractivity contribution in [2.75, 3.05) is 13.1 Å². The summed E-state index contributed by atoms with van der Waals surface area (Å²) in [6.45, 7) is 1.71. The second kappa shape index (κ2) is 4.24. The van der Waals surface area contributed by atoms with Crippen molar-refractivity contribution in [1.29, 1.82) is 0 Å². The predicted molar refractivity (Wildman–Crippen MR) is 66.0 cm³/mol. The van der Waals surface area contributed by atoms with Gasteiger partial charge >= 0.3 is 0 Å². The molecule has 1 amide bonds. The highest BCUT2D eigenvalue weighted by Gasteiger charge is 2.21. The maximum absolute atomic E-state index is 12.2. The van der Waals surface area contributed by atoms with Gasteiger partial charge in [-0.2, -0.15) is 0 Å². The number of hydrogen-bond acceptors (Lipinski definition) is 2. The van der Waals surface area contributed by atoms with Crippen LogP contribution in [0.4, 0.5) is 0 Å². The molecule has 1 fully saturated rings. The van der Waals surface area contributed by atoms with Crippen LogP contribution < -0.4 is 0 Å². The molecular formula is C14H15NO2. The average molecular weight is 229 g/mol. The van der Waals surface area contributed by atoms with E-state index in [0.717, 1.165) is 36.9 Å². The highest BCUT2D eigenvalue weighted by molar-refractivity contribution is 5.96. The van der Waals surface area contributed by atoms with E-state index < -0.39 is 0 Å². The summed E-state index contributed by atoms with van der Waals surface area (Å²) in [4.78, 5) is 14.1. The molecule has 3 rings (SSSR count). The smallest absolute Gasteiger partial charge is 0.289 e. The zero-order chi connectivity index (χ0) is 11.7. The molecular weight excluding hydrogens is 214 g/mol. The molecule has 3 nitrogen and oxygen atoms in total. The Morgan fingerprint density at radius 2 is 1.88 bits per heavy atom. The largest absolute Gasteiger partial charge is 0.451 e. The Labute approximate surface area is 100 Å². The maximum atomic E-state index is 12.2. The van der Waals surface area contributed by atoms with Crippen molar-refractivity contribution in [3.8, 4) is 0 Å². The number of carbonyl (C=O) groups is 1. The molecule has 2 aromatic rings. The van der Waals surface area contributed by atoms with Gasteiger partial charge in [0.25, 0.3) is 5.91 Å². The molecule has 1 aromatic heterocycles. The quantitative estimate of drug-likeness (QED) is 0.753. The van der Waals surface area contributed by atoms with Crippen LogP contribution in [0.1, 0.15) is 29.8 Å². The lowest BCUT2D eigenvalue weighted by Crippen LogP contribution is -2.35. The number of likely N-dealkylation sites (tertiary alicyclic amines) is 1. The Kier molecular flexibility index (Phi) is 2.59. The van der Waals surface area contributed by atoms with Crippen molar-refractivity contribution in [3.63, 3.8) is 0 Å². The molecule has 1 saturated heterocycles. The van der Waals surface area contributed by atoms with E-state index in [2.05, 4.69) is 0 Å². The Morgan fingerprint density at radius 3 is 2.65 bits per heavy atom. The van der Waals surface area contributed by atoms with Gasteiger partial charge in [-0.25, -0.2) is 0 Å². The SMILES string of the molecule is O=C(c1cc2ccccc2o1)N1CCCCC1. The first-order valence-corrected chi connectivity index (χ1v) is 6.12. The van der Waals surface area contributed by atoms with Gasteiger partial charge in [-0.1, -0.05) is 18.2 Å². The number of furan rings is 1. The Balaban J connectivity index is 1.89. The fourth-order valence-electron chi connectivity index (χ4n) is 2.34. The van der Waals surface area contributed by atoms with Crippen LogP contribution in [-0.2, 0) is 0 Å². The van der Waals surface area contributed by atoms with Crippen LogP contribution in [0.15, 0.2) is 34.7 Å². The first-order chi connectivity index (χ1) is 8.34. The number of benzene rings is 1. The van der Waals surface area contributed by atoms with Crippen LogP contribution in [-0.4, -0.2) is 23.9 Å². The second-order valence-corrected chi connectivity index (χ2v) is 4.50. The van der Waals surface area contributed by atoms with Crippen molar-refractivity contribution in [1.82, 2.24) is 4.90 Å². The predicted octanol–water partition coefficient (Wildman–Crippen LogP) is 3.06. The van der Waals surface area contributed by atoms with Crippen LogP contribution in [0.3, 0.4) is 0 Å². The van der Waals surface area contributed by atoms with Gasteiger partial charge in [-0.3, -0.25) is 4.79 Å². The summed E-state index contributed by atoms with van der Waals surface area (Å²) in [7, 11) is 0. The molecule has 3 heteroatoms. The number of rotatable bonds is 1. The zero-order valence-corrected chi connectivity index (χ0v) is 9.69. The molecule has 0 unspecified atom stereocenters. The second-order valence-electron chi connectivity index (χ2n) is 4.50. The molecule has 0 bridgehead atoms. The molecule has 88 valence electrons. The van der Waals surface area contributed by atoms with Gasteiger partial charge in [0, 0.05) is 18.5 Å². The summed E-state index contributed by atoms with van der Waals surface area (Å²) in [6.07, 6.45) is 3.43. The summed E-state index contributed by atoms with van der Waals surface area (Å²) >= 11 is 0. The lowest BCUT2D eigenvalue weighted by molar-refractivity contribution is 0.0694. The van der Waals surface area contributed by atoms with Gasteiger partial charge in [-0.15, -0.1) is 0 Å². The molecule has 2 heterocycles. The summed E-state index contributed by atoms with van der Waals surface area (Å²) in [5.74, 6) is 0.494. The molecule has 0 saturated carbocycles. The first kappa shape index (κ1) is 10.4. The molecule has 0 atom stereocenters. The van der Waals surface area contributed by atoms with Crippen molar-refractivity contribution >= 4 is 16.9 Å². The van der Waals surface area contributed by atoms with Gasteiger partial charge in [-0.05, 0) is 31.4 Å². The van der Waals surface area contributed by atoms with E-state index in [9.17, 15) is 4.79 Å². The fraction of sp³-hybridized carbons (Fsp3) is 0.357. The van der Waals surface area contributed by atoms with E-state index in [1.54, 1.807) is 0 Å². The molecule has 1 aliphatic rings. The van der Waals surface area contributed by atoms with E-state index in [1.165, 1.54) is 6.42 Å². The Morgan fingerprint density at radius 1 is 1.12 bits per heavy atom. The average Bonchev–Trinajstić information content (AvgIpc) is 2.82. The Bertz CT molecular complexity index is 505. The molecule has 0 spiro atoms. The third-order valence-electron chi connectivity index (χ3n) is 3.28. The third kappa shape index (κ3) is 1.93. The van der Waals surface area contributed by atoms with Crippen molar-refractivity contribution in [2.45, 2.75) is 19.3 Å². The highest BCUT2D eigenvalue weighted by Crippen LogP contribution is 2.21. The number of piperidine rings is 1. The third-order valence-corrected chi connectivity index (χ3v) is 3.28. The standard InChI is InChI=1S/C14H15NO2/c16-14(15-8-4-1-5-9-15)13-10-11-6-2-3-7-12(11)17-13/h2-3,6-7,10H,1,4-5,8-9H2. The summed E-state index contributed by atoms with van der Waals surface area (Å²) < 4.78 is 5.59. The number of para-hydroxylation sites is 1. The van der Waals surface area contributed by atoms with Gasteiger partial charge < -0.3 is 9.32 Å². The molecule has 1 aromatic carbocycles. The number of fused-ring (bicyclic) bond motifs is 1. The molecule has 1 aliphatic heterocycles. The van der Waals surface area contributed by atoms with Crippen LogP contribution >= 0.6 is 0 Å². The van der Waals surface area contributed by atoms with E-state index in [-0.39, 0.29) is 5.91 Å². The van der Waals surface area contributed by atoms with E-state index in [1.807, 2.05) is 35.2 Å². The van der Waals surface area contributed by atoms with Crippen LogP contribution in [0, 0.1) is 0 Å². The fourth-order valence-corrected chi connectivity index (χ4v) is 2.34. The lowest BCUT2D eigenvalue weighted by atomic mass is 10.1. The van der Waals surface area contributed by atoms with Gasteiger partial charge in [0.1, 0.15) is 5.58 Å². The topological polar surface area (TPSA) is 33.5 Å². The first-order valence-electron chi connectivity index (χ1n) is 6.12. The molecule has 0 N–H and O–H groups in total. The van der Waals surface area contributed by atoms with Crippen molar-refractivity contribution < 1.29 is 9.21 Å². The van der Waals surface area contributed by atoms with Gasteiger partial charge in [0.05, 0.1) is 0 Å². The lowest BCUT2D eigenvalue weighted by Gasteiger charge is -2.25. The normalized spacial score (nSPS) is 16.4. The number of amides is 1.